The summed E-state index contributed by atoms with van der Waals surface area (Å²) in [6, 6.07) is 4.58. The molecule has 7 nitrogen and oxygen atoms in total. The molecule has 130 valence electrons. The van der Waals surface area contributed by atoms with Crippen LogP contribution < -0.4 is 4.87 Å². The predicted octanol–water partition coefficient (Wildman–Crippen LogP) is 1.41. The quantitative estimate of drug-likeness (QED) is 0.760. The van der Waals surface area contributed by atoms with E-state index < -0.39 is 16.0 Å². The Morgan fingerprint density at radius 1 is 1.25 bits per heavy atom. The zero-order chi connectivity index (χ0) is 17.3. The second-order valence-corrected chi connectivity index (χ2v) is 8.56. The van der Waals surface area contributed by atoms with Crippen LogP contribution in [0, 0.1) is 0 Å². The van der Waals surface area contributed by atoms with Gasteiger partial charge in [-0.05, 0) is 31.0 Å². The van der Waals surface area contributed by atoms with Gasteiger partial charge in [-0.25, -0.2) is 8.42 Å². The Hall–Kier alpha value is -1.71. The summed E-state index contributed by atoms with van der Waals surface area (Å²) in [5, 5.41) is 0. The van der Waals surface area contributed by atoms with Crippen molar-refractivity contribution in [2.24, 2.45) is 0 Å². The number of esters is 1. The molecule has 0 N–H and O–H groups in total. The number of carbonyl (C=O) groups excluding carboxylic acids is 1. The summed E-state index contributed by atoms with van der Waals surface area (Å²) >= 11 is 0.925. The Bertz CT molecular complexity index is 923. The SMILES string of the molecule is COC(=O)Cn1c(=O)sc2cc(S(=O)(=O)N3CCCCC3)ccc21. The first-order valence-electron chi connectivity index (χ1n) is 7.64. The van der Waals surface area contributed by atoms with Crippen LogP contribution in [0.1, 0.15) is 19.3 Å². The maximum absolute atomic E-state index is 12.7. The summed E-state index contributed by atoms with van der Waals surface area (Å²) in [7, 11) is -2.29. The molecule has 3 rings (SSSR count). The van der Waals surface area contributed by atoms with Crippen molar-refractivity contribution >= 4 is 37.5 Å². The number of benzene rings is 1. The standard InChI is InChI=1S/C15H18N2O5S2/c1-22-14(18)10-17-12-6-5-11(9-13(12)23-15(17)19)24(20,21)16-7-3-2-4-8-16/h5-6,9H,2-4,7-8,10H2,1H3. The lowest BCUT2D eigenvalue weighted by molar-refractivity contribution is -0.141. The zero-order valence-corrected chi connectivity index (χ0v) is 14.9. The molecule has 2 heterocycles. The van der Waals surface area contributed by atoms with Gasteiger partial charge in [0.15, 0.2) is 0 Å². The van der Waals surface area contributed by atoms with Gasteiger partial charge in [0.2, 0.25) is 10.0 Å². The molecule has 1 fully saturated rings. The van der Waals surface area contributed by atoms with Crippen LogP contribution in [-0.2, 0) is 26.1 Å². The molecule has 1 saturated heterocycles. The van der Waals surface area contributed by atoms with Gasteiger partial charge in [0, 0.05) is 13.1 Å². The fourth-order valence-corrected chi connectivity index (χ4v) is 5.35. The van der Waals surface area contributed by atoms with Crippen molar-refractivity contribution in [3.8, 4) is 0 Å². The number of thiazole rings is 1. The van der Waals surface area contributed by atoms with Crippen molar-refractivity contribution < 1.29 is 17.9 Å². The first-order chi connectivity index (χ1) is 11.4. The first kappa shape index (κ1) is 17.1. The van der Waals surface area contributed by atoms with Gasteiger partial charge in [-0.2, -0.15) is 4.31 Å². The number of piperidine rings is 1. The Morgan fingerprint density at radius 2 is 1.96 bits per heavy atom. The van der Waals surface area contributed by atoms with E-state index in [9.17, 15) is 18.0 Å². The van der Waals surface area contributed by atoms with Gasteiger partial charge in [-0.15, -0.1) is 0 Å². The average Bonchev–Trinajstić information content (AvgIpc) is 2.90. The van der Waals surface area contributed by atoms with Crippen molar-refractivity contribution in [1.82, 2.24) is 8.87 Å². The van der Waals surface area contributed by atoms with Crippen LogP contribution in [0.4, 0.5) is 0 Å². The predicted molar refractivity (Wildman–Crippen MR) is 90.7 cm³/mol. The van der Waals surface area contributed by atoms with Crippen molar-refractivity contribution in [3.05, 3.63) is 27.9 Å². The minimum absolute atomic E-state index is 0.184. The Kier molecular flexibility index (Phi) is 4.75. The summed E-state index contributed by atoms with van der Waals surface area (Å²) < 4.78 is 33.4. The molecule has 0 saturated carbocycles. The molecular weight excluding hydrogens is 352 g/mol. The lowest BCUT2D eigenvalue weighted by atomic mass is 10.2. The number of nitrogens with zero attached hydrogens (tertiary/aromatic N) is 2. The minimum Gasteiger partial charge on any atom is -0.468 e. The Labute approximate surface area is 143 Å². The number of aromatic nitrogens is 1. The normalized spacial score (nSPS) is 16.4. The second-order valence-electron chi connectivity index (χ2n) is 5.62. The molecule has 1 aliphatic heterocycles. The van der Waals surface area contributed by atoms with Crippen molar-refractivity contribution in [1.29, 1.82) is 0 Å². The van der Waals surface area contributed by atoms with Gasteiger partial charge in [-0.1, -0.05) is 17.8 Å². The molecule has 1 aliphatic rings. The maximum atomic E-state index is 12.7. The van der Waals surface area contributed by atoms with E-state index in [-0.39, 0.29) is 16.3 Å². The van der Waals surface area contributed by atoms with Gasteiger partial charge in [0.05, 0.1) is 22.2 Å². The minimum atomic E-state index is -3.55. The van der Waals surface area contributed by atoms with Crippen LogP contribution in [-0.4, -0.2) is 43.5 Å². The van der Waals surface area contributed by atoms with E-state index >= 15 is 0 Å². The zero-order valence-electron chi connectivity index (χ0n) is 13.2. The molecule has 0 radical (unpaired) electrons. The third-order valence-corrected chi connectivity index (χ3v) is 6.94. The lowest BCUT2D eigenvalue weighted by Gasteiger charge is -2.25. The van der Waals surface area contributed by atoms with Gasteiger partial charge in [-0.3, -0.25) is 14.2 Å². The first-order valence-corrected chi connectivity index (χ1v) is 9.89. The number of fused-ring (bicyclic) bond motifs is 1. The smallest absolute Gasteiger partial charge is 0.325 e. The van der Waals surface area contributed by atoms with Crippen LogP contribution in [0.25, 0.3) is 10.2 Å². The third kappa shape index (κ3) is 3.11. The molecule has 9 heteroatoms. The third-order valence-electron chi connectivity index (χ3n) is 4.11. The number of rotatable bonds is 4. The van der Waals surface area contributed by atoms with Crippen LogP contribution in [0.2, 0.25) is 0 Å². The highest BCUT2D eigenvalue weighted by Crippen LogP contribution is 2.25. The highest BCUT2D eigenvalue weighted by molar-refractivity contribution is 7.89. The van der Waals surface area contributed by atoms with Gasteiger partial charge in [0.25, 0.3) is 0 Å². The van der Waals surface area contributed by atoms with Gasteiger partial charge in [0.1, 0.15) is 6.54 Å². The van der Waals surface area contributed by atoms with Crippen LogP contribution in [0.5, 0.6) is 0 Å². The Balaban J connectivity index is 2.00. The van der Waals surface area contributed by atoms with Crippen LogP contribution in [0.3, 0.4) is 0 Å². The fourth-order valence-electron chi connectivity index (χ4n) is 2.80. The molecule has 1 aromatic carbocycles. The van der Waals surface area contributed by atoms with Crippen LogP contribution >= 0.6 is 11.3 Å². The summed E-state index contributed by atoms with van der Waals surface area (Å²) in [6.45, 7) is 0.869. The molecule has 0 unspecified atom stereocenters. The molecule has 2 aromatic rings. The van der Waals surface area contributed by atoms with E-state index in [0.717, 1.165) is 30.6 Å². The molecule has 0 amide bonds. The molecule has 0 bridgehead atoms. The van der Waals surface area contributed by atoms with Crippen molar-refractivity contribution in [3.63, 3.8) is 0 Å². The summed E-state index contributed by atoms with van der Waals surface area (Å²) in [6.07, 6.45) is 2.78. The summed E-state index contributed by atoms with van der Waals surface area (Å²) in [5.74, 6) is -0.526. The molecule has 0 aliphatic carbocycles. The van der Waals surface area contributed by atoms with E-state index in [2.05, 4.69) is 4.74 Å². The average molecular weight is 370 g/mol. The van der Waals surface area contributed by atoms with E-state index in [4.69, 9.17) is 0 Å². The summed E-state index contributed by atoms with van der Waals surface area (Å²) in [5.41, 5.74) is 0.535. The fraction of sp³-hybridized carbons (Fsp3) is 0.467. The van der Waals surface area contributed by atoms with E-state index in [1.165, 1.54) is 28.1 Å². The highest BCUT2D eigenvalue weighted by Gasteiger charge is 2.26. The number of hydrogen-bond donors (Lipinski definition) is 0. The Morgan fingerprint density at radius 3 is 2.62 bits per heavy atom. The van der Waals surface area contributed by atoms with Gasteiger partial charge < -0.3 is 4.74 Å². The number of ether oxygens (including phenoxy) is 1. The number of methoxy groups -OCH3 is 1. The molecule has 0 atom stereocenters. The molecule has 0 spiro atoms. The topological polar surface area (TPSA) is 85.7 Å². The number of carbonyl (C=O) groups is 1. The largest absolute Gasteiger partial charge is 0.468 e. The maximum Gasteiger partial charge on any atom is 0.325 e. The van der Waals surface area contributed by atoms with E-state index in [1.807, 2.05) is 0 Å². The molecular formula is C15H18N2O5S2. The van der Waals surface area contributed by atoms with Crippen molar-refractivity contribution in [2.75, 3.05) is 20.2 Å². The number of hydrogen-bond acceptors (Lipinski definition) is 6. The van der Waals surface area contributed by atoms with E-state index in [0.29, 0.717) is 23.3 Å². The summed E-state index contributed by atoms with van der Waals surface area (Å²) in [4.78, 5) is 23.4. The van der Waals surface area contributed by atoms with Crippen molar-refractivity contribution in [2.45, 2.75) is 30.7 Å². The second kappa shape index (κ2) is 6.66. The number of sulfonamides is 1. The monoisotopic (exact) mass is 370 g/mol. The highest BCUT2D eigenvalue weighted by atomic mass is 32.2. The molecule has 24 heavy (non-hydrogen) atoms. The van der Waals surface area contributed by atoms with E-state index in [1.54, 1.807) is 6.07 Å². The van der Waals surface area contributed by atoms with Crippen LogP contribution in [0.15, 0.2) is 27.9 Å². The molecule has 1 aromatic heterocycles. The lowest BCUT2D eigenvalue weighted by Crippen LogP contribution is -2.35. The van der Waals surface area contributed by atoms with Gasteiger partial charge >= 0.3 is 10.8 Å².